The number of amides is 1. The number of hydrogen-bond donors (Lipinski definition) is 2. The van der Waals surface area contributed by atoms with Gasteiger partial charge in [-0.2, -0.15) is 0 Å². The number of carbonyl (C=O) groups is 1. The van der Waals surface area contributed by atoms with E-state index in [9.17, 15) is 13.2 Å². The third-order valence-corrected chi connectivity index (χ3v) is 5.63. The lowest BCUT2D eigenvalue weighted by Gasteiger charge is -2.14. The van der Waals surface area contributed by atoms with E-state index in [1.165, 1.54) is 12.1 Å². The molecule has 2 aromatic rings. The molecule has 1 aliphatic rings. The topological polar surface area (TPSA) is 75.3 Å². The summed E-state index contributed by atoms with van der Waals surface area (Å²) in [4.78, 5) is 12.2. The Labute approximate surface area is 152 Å². The maximum Gasteiger partial charge on any atom is 0.261 e. The van der Waals surface area contributed by atoms with Crippen LogP contribution in [0.25, 0.3) is 0 Å². The molecule has 2 aromatic carbocycles. The quantitative estimate of drug-likeness (QED) is 0.833. The number of benzene rings is 2. The fourth-order valence-corrected chi connectivity index (χ4v) is 4.16. The van der Waals surface area contributed by atoms with Crippen molar-refractivity contribution in [2.24, 2.45) is 0 Å². The van der Waals surface area contributed by atoms with Crippen LogP contribution >= 0.6 is 11.6 Å². The molecule has 0 aliphatic heterocycles. The number of rotatable bonds is 5. The van der Waals surface area contributed by atoms with E-state index in [2.05, 4.69) is 10.0 Å². The van der Waals surface area contributed by atoms with Gasteiger partial charge in [0.1, 0.15) is 0 Å². The Bertz CT molecular complexity index is 914. The maximum atomic E-state index is 12.7. The van der Waals surface area contributed by atoms with Gasteiger partial charge in [-0.1, -0.05) is 23.7 Å². The summed E-state index contributed by atoms with van der Waals surface area (Å²) in [6.45, 7) is 3.68. The first-order valence-electron chi connectivity index (χ1n) is 7.97. The molecule has 0 heterocycles. The molecule has 0 radical (unpaired) electrons. The Kier molecular flexibility index (Phi) is 4.75. The predicted molar refractivity (Wildman–Crippen MR) is 98.7 cm³/mol. The molecule has 132 valence electrons. The number of hydrogen-bond acceptors (Lipinski definition) is 3. The number of halogens is 1. The lowest BCUT2D eigenvalue weighted by molar-refractivity contribution is 0.0951. The predicted octanol–water partition coefficient (Wildman–Crippen LogP) is 3.65. The third-order valence-electron chi connectivity index (χ3n) is 3.99. The largest absolute Gasteiger partial charge is 0.349 e. The second-order valence-electron chi connectivity index (χ2n) is 6.32. The lowest BCUT2D eigenvalue weighted by Crippen LogP contribution is -2.25. The van der Waals surface area contributed by atoms with E-state index in [1.54, 1.807) is 25.1 Å². The molecule has 1 aliphatic carbocycles. The fraction of sp³-hybridized carbons (Fsp3) is 0.278. The molecule has 2 N–H and O–H groups in total. The molecular weight excluding hydrogens is 360 g/mol. The highest BCUT2D eigenvalue weighted by atomic mass is 35.5. The summed E-state index contributed by atoms with van der Waals surface area (Å²) in [6.07, 6.45) is 1.94. The molecule has 0 bridgehead atoms. The Balaban J connectivity index is 1.88. The molecule has 0 saturated heterocycles. The van der Waals surface area contributed by atoms with Crippen molar-refractivity contribution < 1.29 is 13.2 Å². The zero-order chi connectivity index (χ0) is 18.2. The first-order valence-corrected chi connectivity index (χ1v) is 9.83. The molecule has 1 saturated carbocycles. The molecule has 0 aromatic heterocycles. The van der Waals surface area contributed by atoms with Gasteiger partial charge in [-0.15, -0.1) is 0 Å². The van der Waals surface area contributed by atoms with Crippen molar-refractivity contribution in [2.45, 2.75) is 37.6 Å². The number of carbonyl (C=O) groups excluding carboxylic acids is 1. The molecule has 0 spiro atoms. The van der Waals surface area contributed by atoms with Gasteiger partial charge in [0, 0.05) is 11.6 Å². The molecule has 0 unspecified atom stereocenters. The molecule has 1 fully saturated rings. The monoisotopic (exact) mass is 378 g/mol. The van der Waals surface area contributed by atoms with Crippen molar-refractivity contribution in [3.05, 3.63) is 58.1 Å². The maximum absolute atomic E-state index is 12.7. The van der Waals surface area contributed by atoms with E-state index in [0.29, 0.717) is 16.3 Å². The number of aryl methyl sites for hydroxylation is 2. The average molecular weight is 379 g/mol. The summed E-state index contributed by atoms with van der Waals surface area (Å²) in [5.74, 6) is -0.260. The van der Waals surface area contributed by atoms with Gasteiger partial charge in [-0.3, -0.25) is 9.52 Å². The molecule has 5 nitrogen and oxygen atoms in total. The highest BCUT2D eigenvalue weighted by Gasteiger charge is 2.25. The Morgan fingerprint density at radius 2 is 1.88 bits per heavy atom. The Morgan fingerprint density at radius 1 is 1.16 bits per heavy atom. The van der Waals surface area contributed by atoms with Crippen molar-refractivity contribution in [3.8, 4) is 0 Å². The summed E-state index contributed by atoms with van der Waals surface area (Å²) < 4.78 is 27.9. The highest BCUT2D eigenvalue weighted by molar-refractivity contribution is 7.92. The number of anilines is 1. The summed E-state index contributed by atoms with van der Waals surface area (Å²) in [5.41, 5.74) is 2.35. The van der Waals surface area contributed by atoms with Crippen molar-refractivity contribution in [2.75, 3.05) is 4.72 Å². The Morgan fingerprint density at radius 3 is 2.52 bits per heavy atom. The van der Waals surface area contributed by atoms with Crippen LogP contribution in [0.2, 0.25) is 5.02 Å². The first kappa shape index (κ1) is 17.8. The summed E-state index contributed by atoms with van der Waals surface area (Å²) in [5, 5.41) is 3.18. The standard InChI is InChI=1S/C18H19ClN2O3S/c1-11-8-12(2)17(16(19)9-11)21-25(23,24)15-5-3-4-13(10-15)18(22)20-14-6-7-14/h3-5,8-10,14,21H,6-7H2,1-2H3,(H,20,22). The van der Waals surface area contributed by atoms with Gasteiger partial charge in [-0.05, 0) is 62.1 Å². The minimum atomic E-state index is -3.85. The normalized spacial score (nSPS) is 14.2. The molecule has 0 atom stereocenters. The zero-order valence-electron chi connectivity index (χ0n) is 14.0. The first-order chi connectivity index (χ1) is 11.8. The smallest absolute Gasteiger partial charge is 0.261 e. The number of nitrogens with one attached hydrogen (secondary N) is 2. The molecular formula is C18H19ClN2O3S. The molecule has 7 heteroatoms. The summed E-state index contributed by atoms with van der Waals surface area (Å²) >= 11 is 6.18. The van der Waals surface area contributed by atoms with Gasteiger partial charge in [0.15, 0.2) is 0 Å². The second kappa shape index (κ2) is 6.69. The minimum absolute atomic E-state index is 0.0204. The van der Waals surface area contributed by atoms with Crippen LogP contribution < -0.4 is 10.0 Å². The van der Waals surface area contributed by atoms with E-state index in [4.69, 9.17) is 11.6 Å². The van der Waals surface area contributed by atoms with Gasteiger partial charge < -0.3 is 5.32 Å². The van der Waals surface area contributed by atoms with Crippen LogP contribution in [-0.2, 0) is 10.0 Å². The molecule has 3 rings (SSSR count). The number of sulfonamides is 1. The van der Waals surface area contributed by atoms with E-state index >= 15 is 0 Å². The van der Waals surface area contributed by atoms with Gasteiger partial charge >= 0.3 is 0 Å². The van der Waals surface area contributed by atoms with Crippen molar-refractivity contribution in [1.29, 1.82) is 0 Å². The average Bonchev–Trinajstić information content (AvgIpc) is 3.35. The van der Waals surface area contributed by atoms with Crippen LogP contribution in [0.5, 0.6) is 0 Å². The van der Waals surface area contributed by atoms with Gasteiger partial charge in [-0.25, -0.2) is 8.42 Å². The minimum Gasteiger partial charge on any atom is -0.349 e. The van der Waals surface area contributed by atoms with Crippen LogP contribution in [0.4, 0.5) is 5.69 Å². The summed E-state index contributed by atoms with van der Waals surface area (Å²) in [6, 6.07) is 9.74. The fourth-order valence-electron chi connectivity index (χ4n) is 2.54. The van der Waals surface area contributed by atoms with Crippen molar-refractivity contribution in [3.63, 3.8) is 0 Å². The van der Waals surface area contributed by atoms with Crippen molar-refractivity contribution in [1.82, 2.24) is 5.32 Å². The third kappa shape index (κ3) is 4.14. The van der Waals surface area contributed by atoms with E-state index in [-0.39, 0.29) is 16.8 Å². The Hall–Kier alpha value is -2.05. The van der Waals surface area contributed by atoms with Crippen LogP contribution in [0.3, 0.4) is 0 Å². The van der Waals surface area contributed by atoms with Crippen LogP contribution in [0, 0.1) is 13.8 Å². The molecule has 25 heavy (non-hydrogen) atoms. The van der Waals surface area contributed by atoms with E-state index in [0.717, 1.165) is 24.0 Å². The van der Waals surface area contributed by atoms with Gasteiger partial charge in [0.05, 0.1) is 15.6 Å². The summed E-state index contributed by atoms with van der Waals surface area (Å²) in [7, 11) is -3.85. The van der Waals surface area contributed by atoms with E-state index < -0.39 is 10.0 Å². The lowest BCUT2D eigenvalue weighted by atomic mass is 10.1. The van der Waals surface area contributed by atoms with Crippen molar-refractivity contribution >= 4 is 33.2 Å². The van der Waals surface area contributed by atoms with Crippen LogP contribution in [0.15, 0.2) is 41.3 Å². The highest BCUT2D eigenvalue weighted by Crippen LogP contribution is 2.29. The van der Waals surface area contributed by atoms with Crippen LogP contribution in [-0.4, -0.2) is 20.4 Å². The molecule has 1 amide bonds. The van der Waals surface area contributed by atoms with Gasteiger partial charge in [0.2, 0.25) is 0 Å². The zero-order valence-corrected chi connectivity index (χ0v) is 15.5. The van der Waals surface area contributed by atoms with Gasteiger partial charge in [0.25, 0.3) is 15.9 Å². The van der Waals surface area contributed by atoms with Crippen LogP contribution in [0.1, 0.15) is 34.3 Å². The van der Waals surface area contributed by atoms with E-state index in [1.807, 2.05) is 13.0 Å². The SMILES string of the molecule is Cc1cc(C)c(NS(=O)(=O)c2cccc(C(=O)NC3CC3)c2)c(Cl)c1. The second-order valence-corrected chi connectivity index (χ2v) is 8.41.